The van der Waals surface area contributed by atoms with E-state index in [1.165, 1.54) is 4.90 Å². The number of carbonyl (C=O) groups is 2. The number of hydrogen-bond donors (Lipinski definition) is 1. The van der Waals surface area contributed by atoms with Crippen molar-refractivity contribution in [1.82, 2.24) is 4.90 Å². The van der Waals surface area contributed by atoms with E-state index in [4.69, 9.17) is 15.2 Å². The zero-order valence-electron chi connectivity index (χ0n) is 12.5. The topological polar surface area (TPSA) is 81.9 Å². The standard InChI is InChI=1S/C15H22N2O4/c1-3-21-15(19)11-17(8-9-20-2)14(18)10-12-6-4-5-7-13(12)16/h4-7H,3,8-11,16H2,1-2H3. The van der Waals surface area contributed by atoms with Crippen LogP contribution in [0.1, 0.15) is 12.5 Å². The minimum absolute atomic E-state index is 0.0806. The van der Waals surface area contributed by atoms with Gasteiger partial charge in [-0.25, -0.2) is 0 Å². The fourth-order valence-corrected chi connectivity index (χ4v) is 1.83. The van der Waals surface area contributed by atoms with Gasteiger partial charge in [0, 0.05) is 19.3 Å². The number of para-hydroxylation sites is 1. The smallest absolute Gasteiger partial charge is 0.325 e. The highest BCUT2D eigenvalue weighted by Crippen LogP contribution is 2.12. The van der Waals surface area contributed by atoms with Crippen LogP contribution in [-0.2, 0) is 25.5 Å². The van der Waals surface area contributed by atoms with Crippen molar-refractivity contribution < 1.29 is 19.1 Å². The maximum Gasteiger partial charge on any atom is 0.325 e. The molecule has 0 radical (unpaired) electrons. The summed E-state index contributed by atoms with van der Waals surface area (Å²) in [6.45, 7) is 2.62. The van der Waals surface area contributed by atoms with Crippen molar-refractivity contribution in [3.63, 3.8) is 0 Å². The Labute approximate surface area is 124 Å². The van der Waals surface area contributed by atoms with E-state index in [1.807, 2.05) is 12.1 Å². The van der Waals surface area contributed by atoms with Crippen molar-refractivity contribution in [3.05, 3.63) is 29.8 Å². The molecule has 1 rings (SSSR count). The number of amides is 1. The summed E-state index contributed by atoms with van der Waals surface area (Å²) in [5, 5.41) is 0. The SMILES string of the molecule is CCOC(=O)CN(CCOC)C(=O)Cc1ccccc1N. The number of rotatable bonds is 8. The largest absolute Gasteiger partial charge is 0.465 e. The molecule has 1 amide bonds. The van der Waals surface area contributed by atoms with Gasteiger partial charge in [-0.05, 0) is 18.6 Å². The van der Waals surface area contributed by atoms with E-state index in [0.29, 0.717) is 18.8 Å². The summed E-state index contributed by atoms with van der Waals surface area (Å²) in [7, 11) is 1.54. The number of nitrogens with zero attached hydrogens (tertiary/aromatic N) is 1. The summed E-state index contributed by atoms with van der Waals surface area (Å²) >= 11 is 0. The van der Waals surface area contributed by atoms with Gasteiger partial charge >= 0.3 is 5.97 Å². The molecule has 2 N–H and O–H groups in total. The van der Waals surface area contributed by atoms with E-state index in [9.17, 15) is 9.59 Å². The summed E-state index contributed by atoms with van der Waals surface area (Å²) < 4.78 is 9.85. The summed E-state index contributed by atoms with van der Waals surface area (Å²) in [5.74, 6) is -0.610. The summed E-state index contributed by atoms with van der Waals surface area (Å²) in [6, 6.07) is 7.17. The Hall–Kier alpha value is -2.08. The van der Waals surface area contributed by atoms with Crippen molar-refractivity contribution in [3.8, 4) is 0 Å². The van der Waals surface area contributed by atoms with E-state index in [-0.39, 0.29) is 25.5 Å². The maximum absolute atomic E-state index is 12.3. The summed E-state index contributed by atoms with van der Waals surface area (Å²) in [6.07, 6.45) is 0.149. The van der Waals surface area contributed by atoms with Crippen LogP contribution in [0.25, 0.3) is 0 Å². The van der Waals surface area contributed by atoms with Gasteiger partial charge in [-0.15, -0.1) is 0 Å². The van der Waals surface area contributed by atoms with Gasteiger partial charge in [-0.2, -0.15) is 0 Å². The molecule has 0 aromatic heterocycles. The molecule has 0 saturated carbocycles. The fourth-order valence-electron chi connectivity index (χ4n) is 1.83. The third-order valence-electron chi connectivity index (χ3n) is 2.94. The van der Waals surface area contributed by atoms with E-state index in [0.717, 1.165) is 5.56 Å². The van der Waals surface area contributed by atoms with E-state index in [1.54, 1.807) is 26.2 Å². The number of carbonyl (C=O) groups excluding carboxylic acids is 2. The average molecular weight is 294 g/mol. The molecule has 0 aliphatic carbocycles. The van der Waals surface area contributed by atoms with Crippen LogP contribution in [0.5, 0.6) is 0 Å². The highest BCUT2D eigenvalue weighted by molar-refractivity contribution is 5.84. The van der Waals surface area contributed by atoms with Gasteiger partial charge in [-0.3, -0.25) is 9.59 Å². The lowest BCUT2D eigenvalue weighted by Gasteiger charge is -2.21. The molecule has 0 saturated heterocycles. The number of anilines is 1. The van der Waals surface area contributed by atoms with Gasteiger partial charge in [0.15, 0.2) is 0 Å². The molecule has 0 fully saturated rings. The van der Waals surface area contributed by atoms with Gasteiger partial charge in [0.1, 0.15) is 6.54 Å². The van der Waals surface area contributed by atoms with Crippen LogP contribution < -0.4 is 5.73 Å². The molecule has 0 spiro atoms. The van der Waals surface area contributed by atoms with E-state index in [2.05, 4.69) is 0 Å². The van der Waals surface area contributed by atoms with Crippen LogP contribution in [0.2, 0.25) is 0 Å². The maximum atomic E-state index is 12.3. The van der Waals surface area contributed by atoms with Crippen LogP contribution in [0, 0.1) is 0 Å². The molecule has 0 aliphatic heterocycles. The van der Waals surface area contributed by atoms with Crippen LogP contribution in [0.4, 0.5) is 5.69 Å². The van der Waals surface area contributed by atoms with Gasteiger partial charge in [-0.1, -0.05) is 18.2 Å². The predicted octanol–water partition coefficient (Wildman–Crippen LogP) is 0.849. The summed E-state index contributed by atoms with van der Waals surface area (Å²) in [4.78, 5) is 25.3. The monoisotopic (exact) mass is 294 g/mol. The Morgan fingerprint density at radius 1 is 1.29 bits per heavy atom. The van der Waals surface area contributed by atoms with Crippen molar-refractivity contribution in [2.45, 2.75) is 13.3 Å². The Morgan fingerprint density at radius 3 is 2.62 bits per heavy atom. The van der Waals surface area contributed by atoms with Crippen LogP contribution in [-0.4, -0.2) is 50.2 Å². The molecule has 0 heterocycles. The number of hydrogen-bond acceptors (Lipinski definition) is 5. The van der Waals surface area contributed by atoms with Crippen molar-refractivity contribution in [2.75, 3.05) is 39.1 Å². The molecular formula is C15H22N2O4. The molecule has 1 aromatic carbocycles. The van der Waals surface area contributed by atoms with Gasteiger partial charge in [0.05, 0.1) is 19.6 Å². The minimum atomic E-state index is -0.428. The first-order valence-corrected chi connectivity index (χ1v) is 6.84. The van der Waals surface area contributed by atoms with Crippen LogP contribution in [0.3, 0.4) is 0 Å². The Balaban J connectivity index is 2.70. The molecule has 0 atom stereocenters. The Bertz CT molecular complexity index is 476. The van der Waals surface area contributed by atoms with Crippen LogP contribution in [0.15, 0.2) is 24.3 Å². The third kappa shape index (κ3) is 5.83. The zero-order valence-corrected chi connectivity index (χ0v) is 12.5. The minimum Gasteiger partial charge on any atom is -0.465 e. The van der Waals surface area contributed by atoms with Gasteiger partial charge in [0.25, 0.3) is 0 Å². The highest BCUT2D eigenvalue weighted by atomic mass is 16.5. The Morgan fingerprint density at radius 2 is 2.00 bits per heavy atom. The van der Waals surface area contributed by atoms with Crippen molar-refractivity contribution in [2.24, 2.45) is 0 Å². The van der Waals surface area contributed by atoms with Crippen LogP contribution >= 0.6 is 0 Å². The first-order chi connectivity index (χ1) is 10.1. The van der Waals surface area contributed by atoms with Crippen molar-refractivity contribution >= 4 is 17.6 Å². The molecule has 0 unspecified atom stereocenters. The van der Waals surface area contributed by atoms with Gasteiger partial charge < -0.3 is 20.1 Å². The number of ether oxygens (including phenoxy) is 2. The number of esters is 1. The highest BCUT2D eigenvalue weighted by Gasteiger charge is 2.18. The normalized spacial score (nSPS) is 10.2. The second-order valence-electron chi connectivity index (χ2n) is 4.49. The quantitative estimate of drug-likeness (QED) is 0.568. The molecule has 116 valence electrons. The average Bonchev–Trinajstić information content (AvgIpc) is 2.46. The van der Waals surface area contributed by atoms with E-state index < -0.39 is 5.97 Å². The molecule has 6 heteroatoms. The first kappa shape index (κ1) is 17.0. The van der Waals surface area contributed by atoms with Gasteiger partial charge in [0.2, 0.25) is 5.91 Å². The number of nitrogen functional groups attached to an aromatic ring is 1. The zero-order chi connectivity index (χ0) is 15.7. The molecule has 21 heavy (non-hydrogen) atoms. The number of benzene rings is 1. The number of methoxy groups -OCH3 is 1. The summed E-state index contributed by atoms with van der Waals surface area (Å²) in [5.41, 5.74) is 7.14. The van der Waals surface area contributed by atoms with E-state index >= 15 is 0 Å². The first-order valence-electron chi connectivity index (χ1n) is 6.84. The lowest BCUT2D eigenvalue weighted by molar-refractivity contribution is -0.149. The fraction of sp³-hybridized carbons (Fsp3) is 0.467. The third-order valence-corrected chi connectivity index (χ3v) is 2.94. The van der Waals surface area contributed by atoms with Crippen molar-refractivity contribution in [1.29, 1.82) is 0 Å². The second kappa shape index (κ2) is 8.97. The lowest BCUT2D eigenvalue weighted by Crippen LogP contribution is -2.39. The second-order valence-corrected chi connectivity index (χ2v) is 4.49. The molecular weight excluding hydrogens is 272 g/mol. The molecule has 0 aliphatic rings. The lowest BCUT2D eigenvalue weighted by atomic mass is 10.1. The molecule has 1 aromatic rings. The number of nitrogens with two attached hydrogens (primary N) is 1. The Kier molecular flexibility index (Phi) is 7.25. The molecule has 6 nitrogen and oxygen atoms in total. The molecule has 0 bridgehead atoms. The predicted molar refractivity (Wildman–Crippen MR) is 79.6 cm³/mol.